The molecular formula is C15H16N3W-. The molecule has 0 saturated carbocycles. The number of aromatic nitrogens is 3. The second kappa shape index (κ2) is 5.05. The molecule has 0 radical (unpaired) electrons. The summed E-state index contributed by atoms with van der Waals surface area (Å²) in [7, 11) is 0. The van der Waals surface area contributed by atoms with E-state index in [1.54, 1.807) is 0 Å². The van der Waals surface area contributed by atoms with Crippen LogP contribution in [0.15, 0.2) is 18.5 Å². The maximum Gasteiger partial charge on any atom is 0.0834 e. The second-order valence-electron chi connectivity index (χ2n) is 5.15. The minimum absolute atomic E-state index is 0. The standard InChI is InChI=1S/C15H16N3.W/c1-9(2)15-14-7-16-12-5-10(3)11(4)6-13(12)18(14)8-17-15;/h5-6,8-9H,1-4H3;/q-1;. The van der Waals surface area contributed by atoms with Gasteiger partial charge in [0.25, 0.3) is 0 Å². The largest absolute Gasteiger partial charge is 0.381 e. The Morgan fingerprint density at radius 2 is 1.84 bits per heavy atom. The molecule has 0 N–H and O–H groups in total. The molecule has 19 heavy (non-hydrogen) atoms. The van der Waals surface area contributed by atoms with Crippen molar-refractivity contribution in [3.05, 3.63) is 41.5 Å². The van der Waals surface area contributed by atoms with Crippen LogP contribution in [0.1, 0.15) is 36.6 Å². The van der Waals surface area contributed by atoms with E-state index in [9.17, 15) is 0 Å². The van der Waals surface area contributed by atoms with Crippen LogP contribution < -0.4 is 0 Å². The van der Waals surface area contributed by atoms with E-state index < -0.39 is 0 Å². The zero-order valence-corrected chi connectivity index (χ0v) is 14.5. The molecule has 0 spiro atoms. The SMILES string of the molecule is Cc1cc2n[c-]c3c(C(C)C)ncn3c2cc1C.[W]. The molecule has 0 bridgehead atoms. The van der Waals surface area contributed by atoms with E-state index in [4.69, 9.17) is 0 Å². The van der Waals surface area contributed by atoms with Crippen LogP contribution in [0.5, 0.6) is 0 Å². The Morgan fingerprint density at radius 3 is 2.53 bits per heavy atom. The van der Waals surface area contributed by atoms with Gasteiger partial charge in [-0.1, -0.05) is 31.7 Å². The molecule has 0 aliphatic heterocycles. The van der Waals surface area contributed by atoms with Gasteiger partial charge < -0.3 is 14.4 Å². The maximum atomic E-state index is 4.49. The molecule has 2 aromatic heterocycles. The number of aryl methyl sites for hydroxylation is 2. The summed E-state index contributed by atoms with van der Waals surface area (Å²) in [6, 6.07) is 4.28. The Hall–Kier alpha value is -1.21. The summed E-state index contributed by atoms with van der Waals surface area (Å²) in [6.07, 6.45) is 5.00. The molecular weight excluding hydrogens is 406 g/mol. The van der Waals surface area contributed by atoms with E-state index in [-0.39, 0.29) is 21.1 Å². The van der Waals surface area contributed by atoms with Gasteiger partial charge in [0.1, 0.15) is 0 Å². The van der Waals surface area contributed by atoms with Crippen molar-refractivity contribution in [1.29, 1.82) is 0 Å². The average molecular weight is 422 g/mol. The zero-order chi connectivity index (χ0) is 12.9. The van der Waals surface area contributed by atoms with Gasteiger partial charge in [-0.2, -0.15) is 0 Å². The van der Waals surface area contributed by atoms with Crippen molar-refractivity contribution in [2.75, 3.05) is 0 Å². The topological polar surface area (TPSA) is 30.2 Å². The van der Waals surface area contributed by atoms with Gasteiger partial charge in [-0.15, -0.1) is 0 Å². The minimum Gasteiger partial charge on any atom is -0.381 e. The first kappa shape index (κ1) is 14.2. The van der Waals surface area contributed by atoms with Gasteiger partial charge in [0, 0.05) is 26.6 Å². The van der Waals surface area contributed by atoms with Crippen molar-refractivity contribution in [2.24, 2.45) is 0 Å². The van der Waals surface area contributed by atoms with E-state index in [0.29, 0.717) is 5.92 Å². The Balaban J connectivity index is 0.00000133. The fourth-order valence-corrected chi connectivity index (χ4v) is 2.26. The average Bonchev–Trinajstić information content (AvgIpc) is 2.75. The van der Waals surface area contributed by atoms with Crippen molar-refractivity contribution in [3.8, 4) is 0 Å². The van der Waals surface area contributed by atoms with Crippen LogP contribution in [-0.2, 0) is 21.1 Å². The third-order valence-electron chi connectivity index (χ3n) is 3.48. The molecule has 2 heterocycles. The fraction of sp³-hybridized carbons (Fsp3) is 0.333. The zero-order valence-electron chi connectivity index (χ0n) is 11.6. The summed E-state index contributed by atoms with van der Waals surface area (Å²) in [6.45, 7) is 8.51. The van der Waals surface area contributed by atoms with Crippen molar-refractivity contribution in [1.82, 2.24) is 14.4 Å². The number of nitrogens with zero attached hydrogens (tertiary/aromatic N) is 3. The van der Waals surface area contributed by atoms with Crippen molar-refractivity contribution >= 4 is 16.6 Å². The minimum atomic E-state index is 0. The summed E-state index contributed by atoms with van der Waals surface area (Å²) < 4.78 is 2.09. The molecule has 0 atom stereocenters. The molecule has 3 aromatic rings. The number of hydrogen-bond donors (Lipinski definition) is 0. The summed E-state index contributed by atoms with van der Waals surface area (Å²) >= 11 is 0. The van der Waals surface area contributed by atoms with Crippen LogP contribution in [-0.4, -0.2) is 14.4 Å². The predicted octanol–water partition coefficient (Wildman–Crippen LogP) is 3.42. The normalized spacial score (nSPS) is 11.2. The van der Waals surface area contributed by atoms with Gasteiger partial charge >= 0.3 is 0 Å². The molecule has 3 nitrogen and oxygen atoms in total. The number of hydrogen-bond acceptors (Lipinski definition) is 2. The first-order valence-corrected chi connectivity index (χ1v) is 6.23. The number of fused-ring (bicyclic) bond motifs is 3. The van der Waals surface area contributed by atoms with E-state index in [1.807, 2.05) is 6.33 Å². The molecule has 4 heteroatoms. The van der Waals surface area contributed by atoms with Crippen molar-refractivity contribution in [3.63, 3.8) is 0 Å². The molecule has 3 rings (SSSR count). The molecule has 0 unspecified atom stereocenters. The van der Waals surface area contributed by atoms with Gasteiger partial charge in [-0.25, -0.2) is 0 Å². The second-order valence-corrected chi connectivity index (χ2v) is 5.15. The van der Waals surface area contributed by atoms with E-state index in [2.05, 4.69) is 60.4 Å². The van der Waals surface area contributed by atoms with E-state index >= 15 is 0 Å². The monoisotopic (exact) mass is 422 g/mol. The van der Waals surface area contributed by atoms with Crippen LogP contribution in [0.3, 0.4) is 0 Å². The van der Waals surface area contributed by atoms with Crippen molar-refractivity contribution in [2.45, 2.75) is 33.6 Å². The van der Waals surface area contributed by atoms with Gasteiger partial charge in [0.05, 0.1) is 6.33 Å². The molecule has 0 amide bonds. The van der Waals surface area contributed by atoms with Crippen LogP contribution >= 0.6 is 0 Å². The van der Waals surface area contributed by atoms with E-state index in [0.717, 1.165) is 22.2 Å². The first-order chi connectivity index (χ1) is 8.58. The Kier molecular flexibility index (Phi) is 3.77. The van der Waals surface area contributed by atoms with Gasteiger partial charge in [0.2, 0.25) is 0 Å². The Labute approximate surface area is 127 Å². The molecule has 0 fully saturated rings. The van der Waals surface area contributed by atoms with Gasteiger partial charge in [-0.05, 0) is 48.1 Å². The molecule has 98 valence electrons. The van der Waals surface area contributed by atoms with Gasteiger partial charge in [0.15, 0.2) is 0 Å². The number of benzene rings is 1. The summed E-state index contributed by atoms with van der Waals surface area (Å²) in [5.41, 5.74) is 6.65. The quantitative estimate of drug-likeness (QED) is 0.563. The summed E-state index contributed by atoms with van der Waals surface area (Å²) in [5.74, 6) is 0.386. The Morgan fingerprint density at radius 1 is 1.16 bits per heavy atom. The van der Waals surface area contributed by atoms with Crippen LogP contribution in [0.25, 0.3) is 16.6 Å². The summed E-state index contributed by atoms with van der Waals surface area (Å²) in [5, 5.41) is 0. The third-order valence-corrected chi connectivity index (χ3v) is 3.48. The molecule has 0 aliphatic carbocycles. The molecule has 0 aliphatic rings. The van der Waals surface area contributed by atoms with Gasteiger partial charge in [-0.3, -0.25) is 0 Å². The van der Waals surface area contributed by atoms with Crippen LogP contribution in [0.4, 0.5) is 0 Å². The molecule has 1 aromatic carbocycles. The Bertz CT molecular complexity index is 744. The maximum absolute atomic E-state index is 4.49. The number of imidazole rings is 1. The van der Waals surface area contributed by atoms with Crippen LogP contribution in [0, 0.1) is 20.0 Å². The predicted molar refractivity (Wildman–Crippen MR) is 72.9 cm³/mol. The van der Waals surface area contributed by atoms with Crippen molar-refractivity contribution < 1.29 is 21.1 Å². The smallest absolute Gasteiger partial charge is 0.0834 e. The summed E-state index contributed by atoms with van der Waals surface area (Å²) in [4.78, 5) is 8.93. The number of rotatable bonds is 1. The fourth-order valence-electron chi connectivity index (χ4n) is 2.26. The van der Waals surface area contributed by atoms with E-state index in [1.165, 1.54) is 11.1 Å². The third kappa shape index (κ3) is 2.21. The molecule has 0 saturated heterocycles. The first-order valence-electron chi connectivity index (χ1n) is 6.23. The van der Waals surface area contributed by atoms with Crippen LogP contribution in [0.2, 0.25) is 0 Å².